The van der Waals surface area contributed by atoms with Crippen molar-refractivity contribution in [3.63, 3.8) is 0 Å². The number of benzene rings is 1. The average Bonchev–Trinajstić information content (AvgIpc) is 2.93. The van der Waals surface area contributed by atoms with Crippen molar-refractivity contribution in [1.82, 2.24) is 20.1 Å². The Labute approximate surface area is 153 Å². The van der Waals surface area contributed by atoms with Gasteiger partial charge in [0.15, 0.2) is 11.0 Å². The van der Waals surface area contributed by atoms with Crippen molar-refractivity contribution >= 4 is 35.4 Å². The monoisotopic (exact) mass is 384 g/mol. The van der Waals surface area contributed by atoms with Gasteiger partial charge in [-0.25, -0.2) is 4.79 Å². The lowest BCUT2D eigenvalue weighted by Gasteiger charge is -2.07. The first-order chi connectivity index (χ1) is 12.0. The SMILES string of the molecule is CCOC(=O)NC(=O)CSc1nnc(COc2ccc(Cl)cc2)n1C. The summed E-state index contributed by atoms with van der Waals surface area (Å²) in [5.74, 6) is 0.812. The summed E-state index contributed by atoms with van der Waals surface area (Å²) in [4.78, 5) is 22.8. The fourth-order valence-electron chi connectivity index (χ4n) is 1.72. The van der Waals surface area contributed by atoms with Crippen LogP contribution in [-0.4, -0.2) is 39.1 Å². The molecule has 8 nitrogen and oxygen atoms in total. The largest absolute Gasteiger partial charge is 0.486 e. The Morgan fingerprint density at radius 3 is 2.68 bits per heavy atom. The highest BCUT2D eigenvalue weighted by Gasteiger charge is 2.13. The van der Waals surface area contributed by atoms with E-state index in [1.807, 2.05) is 0 Å². The summed E-state index contributed by atoms with van der Waals surface area (Å²) < 4.78 is 12.0. The van der Waals surface area contributed by atoms with Gasteiger partial charge in [0, 0.05) is 12.1 Å². The van der Waals surface area contributed by atoms with Crippen LogP contribution in [0, 0.1) is 0 Å². The van der Waals surface area contributed by atoms with Gasteiger partial charge in [-0.1, -0.05) is 23.4 Å². The molecule has 0 aliphatic carbocycles. The normalized spacial score (nSPS) is 10.4. The van der Waals surface area contributed by atoms with Gasteiger partial charge in [-0.15, -0.1) is 10.2 Å². The number of nitrogens with zero attached hydrogens (tertiary/aromatic N) is 3. The van der Waals surface area contributed by atoms with Gasteiger partial charge < -0.3 is 14.0 Å². The van der Waals surface area contributed by atoms with Crippen molar-refractivity contribution in [2.45, 2.75) is 18.7 Å². The highest BCUT2D eigenvalue weighted by atomic mass is 35.5. The second kappa shape index (κ2) is 9.28. The predicted molar refractivity (Wildman–Crippen MR) is 92.7 cm³/mol. The van der Waals surface area contributed by atoms with Gasteiger partial charge in [0.1, 0.15) is 12.4 Å². The number of nitrogens with one attached hydrogen (secondary N) is 1. The van der Waals surface area contributed by atoms with Crippen molar-refractivity contribution in [2.24, 2.45) is 7.05 Å². The number of hydrogen-bond donors (Lipinski definition) is 1. The molecule has 2 aromatic rings. The van der Waals surface area contributed by atoms with Crippen LogP contribution in [0.1, 0.15) is 12.7 Å². The zero-order valence-corrected chi connectivity index (χ0v) is 15.3. The molecule has 1 aromatic carbocycles. The lowest BCUT2D eigenvalue weighted by atomic mass is 10.3. The lowest BCUT2D eigenvalue weighted by molar-refractivity contribution is -0.117. The summed E-state index contributed by atoms with van der Waals surface area (Å²) in [6.07, 6.45) is -0.761. The Kier molecular flexibility index (Phi) is 7.08. The maximum Gasteiger partial charge on any atom is 0.413 e. The van der Waals surface area contributed by atoms with Gasteiger partial charge >= 0.3 is 6.09 Å². The number of thioether (sulfide) groups is 1. The third-order valence-electron chi connectivity index (χ3n) is 2.96. The van der Waals surface area contributed by atoms with Crippen LogP contribution in [0.2, 0.25) is 5.02 Å². The second-order valence-electron chi connectivity index (χ2n) is 4.76. The molecule has 0 radical (unpaired) electrons. The topological polar surface area (TPSA) is 95.3 Å². The molecule has 0 aliphatic rings. The number of carbonyl (C=O) groups is 2. The molecule has 1 aromatic heterocycles. The van der Waals surface area contributed by atoms with E-state index in [2.05, 4.69) is 20.3 Å². The van der Waals surface area contributed by atoms with Crippen molar-refractivity contribution in [1.29, 1.82) is 0 Å². The quantitative estimate of drug-likeness (QED) is 0.732. The Hall–Kier alpha value is -2.26. The predicted octanol–water partition coefficient (Wildman–Crippen LogP) is 2.41. The molecule has 10 heteroatoms. The molecule has 0 bridgehead atoms. The molecule has 0 atom stereocenters. The van der Waals surface area contributed by atoms with Crippen LogP contribution in [0.5, 0.6) is 5.75 Å². The smallest absolute Gasteiger partial charge is 0.413 e. The Bertz CT molecular complexity index is 736. The fourth-order valence-corrected chi connectivity index (χ4v) is 2.58. The molecule has 0 saturated carbocycles. The van der Waals surface area contributed by atoms with Gasteiger partial charge in [-0.05, 0) is 31.2 Å². The van der Waals surface area contributed by atoms with Crippen LogP contribution in [0.25, 0.3) is 0 Å². The summed E-state index contributed by atoms with van der Waals surface area (Å²) in [5, 5.41) is 11.3. The molecule has 1 N–H and O–H groups in total. The highest BCUT2D eigenvalue weighted by molar-refractivity contribution is 7.99. The summed E-state index contributed by atoms with van der Waals surface area (Å²) in [5.41, 5.74) is 0. The first kappa shape index (κ1) is 19.1. The number of hydrogen-bond acceptors (Lipinski definition) is 7. The van der Waals surface area contributed by atoms with Crippen molar-refractivity contribution < 1.29 is 19.1 Å². The van der Waals surface area contributed by atoms with Crippen LogP contribution in [0.4, 0.5) is 4.79 Å². The molecule has 2 rings (SSSR count). The number of imide groups is 1. The average molecular weight is 385 g/mol. The number of aromatic nitrogens is 3. The number of rotatable bonds is 7. The molecule has 25 heavy (non-hydrogen) atoms. The number of carbonyl (C=O) groups excluding carboxylic acids is 2. The van der Waals surface area contributed by atoms with Crippen LogP contribution >= 0.6 is 23.4 Å². The van der Waals surface area contributed by atoms with Crippen LogP contribution < -0.4 is 10.1 Å². The van der Waals surface area contributed by atoms with Crippen LogP contribution in [-0.2, 0) is 23.2 Å². The fraction of sp³-hybridized carbons (Fsp3) is 0.333. The van der Waals surface area contributed by atoms with E-state index in [-0.39, 0.29) is 19.0 Å². The first-order valence-electron chi connectivity index (χ1n) is 7.35. The molecule has 0 fully saturated rings. The van der Waals surface area contributed by atoms with Crippen molar-refractivity contribution in [3.05, 3.63) is 35.1 Å². The van der Waals surface area contributed by atoms with E-state index < -0.39 is 12.0 Å². The summed E-state index contributed by atoms with van der Waals surface area (Å²) in [6.45, 7) is 2.08. The summed E-state index contributed by atoms with van der Waals surface area (Å²) in [6, 6.07) is 6.98. The van der Waals surface area contributed by atoms with Gasteiger partial charge in [-0.3, -0.25) is 10.1 Å². The molecule has 0 spiro atoms. The molecule has 134 valence electrons. The molecule has 0 saturated heterocycles. The lowest BCUT2D eigenvalue weighted by Crippen LogP contribution is -2.32. The van der Waals surface area contributed by atoms with Gasteiger partial charge in [0.05, 0.1) is 12.4 Å². The third-order valence-corrected chi connectivity index (χ3v) is 4.23. The zero-order valence-electron chi connectivity index (χ0n) is 13.7. The van der Waals surface area contributed by atoms with E-state index in [1.165, 1.54) is 0 Å². The number of alkyl carbamates (subject to hydrolysis) is 1. The van der Waals surface area contributed by atoms with E-state index >= 15 is 0 Å². The molecule has 1 heterocycles. The van der Waals surface area contributed by atoms with E-state index in [9.17, 15) is 9.59 Å². The highest BCUT2D eigenvalue weighted by Crippen LogP contribution is 2.18. The van der Waals surface area contributed by atoms with Crippen LogP contribution in [0.15, 0.2) is 29.4 Å². The van der Waals surface area contributed by atoms with Crippen molar-refractivity contribution in [3.8, 4) is 5.75 Å². The summed E-state index contributed by atoms with van der Waals surface area (Å²) in [7, 11) is 1.77. The maximum atomic E-state index is 11.6. The van der Waals surface area contributed by atoms with Crippen LogP contribution in [0.3, 0.4) is 0 Å². The minimum Gasteiger partial charge on any atom is -0.486 e. The van der Waals surface area contributed by atoms with Gasteiger partial charge in [0.2, 0.25) is 5.91 Å². The molecular formula is C15H17ClN4O4S. The third kappa shape index (κ3) is 5.95. The van der Waals surface area contributed by atoms with E-state index in [4.69, 9.17) is 16.3 Å². The number of halogens is 1. The number of ether oxygens (including phenoxy) is 2. The molecular weight excluding hydrogens is 368 g/mol. The minimum absolute atomic E-state index is 0.0167. The molecule has 0 aliphatic heterocycles. The van der Waals surface area contributed by atoms with Gasteiger partial charge in [0.25, 0.3) is 0 Å². The molecule has 0 unspecified atom stereocenters. The standard InChI is InChI=1S/C15H17ClN4O4S/c1-3-23-15(22)17-13(21)9-25-14-19-18-12(20(14)2)8-24-11-6-4-10(16)5-7-11/h4-7H,3,8-9H2,1-2H3,(H,17,21,22). The Morgan fingerprint density at radius 2 is 2.00 bits per heavy atom. The van der Waals surface area contributed by atoms with E-state index in [0.29, 0.717) is 21.8 Å². The zero-order chi connectivity index (χ0) is 18.2. The first-order valence-corrected chi connectivity index (χ1v) is 8.72. The Morgan fingerprint density at radius 1 is 1.28 bits per heavy atom. The Balaban J connectivity index is 1.84. The summed E-state index contributed by atoms with van der Waals surface area (Å²) >= 11 is 6.98. The second-order valence-corrected chi connectivity index (χ2v) is 6.14. The van der Waals surface area contributed by atoms with E-state index in [0.717, 1.165) is 11.8 Å². The molecule has 2 amide bonds. The maximum absolute atomic E-state index is 11.6. The van der Waals surface area contributed by atoms with E-state index in [1.54, 1.807) is 42.8 Å². The van der Waals surface area contributed by atoms with Crippen molar-refractivity contribution in [2.75, 3.05) is 12.4 Å². The number of amides is 2. The van der Waals surface area contributed by atoms with Gasteiger partial charge in [-0.2, -0.15) is 0 Å². The minimum atomic E-state index is -0.761.